The van der Waals surface area contributed by atoms with Crippen molar-refractivity contribution in [2.45, 2.75) is 96.1 Å². The second-order valence-electron chi connectivity index (χ2n) is 20.4. The summed E-state index contributed by atoms with van der Waals surface area (Å²) in [6.45, 7) is -1.82. The van der Waals surface area contributed by atoms with E-state index < -0.39 is 60.1 Å². The largest absolute Gasteiger partial charge is 0.475 e. The van der Waals surface area contributed by atoms with Crippen molar-refractivity contribution in [2.24, 2.45) is 0 Å². The Kier molecular flexibility index (Phi) is 23.6. The lowest BCUT2D eigenvalue weighted by atomic mass is 9.84. The van der Waals surface area contributed by atoms with E-state index in [1.807, 2.05) is 273 Å². The molecule has 0 atom stereocenters. The fraction of sp³-hybridized carbons (Fsp3) is 0.217. The monoisotopic (exact) mass is 1230 g/mol. The summed E-state index contributed by atoms with van der Waals surface area (Å²) in [6, 6.07) is 82.7. The third-order valence-electron chi connectivity index (χ3n) is 13.9. The van der Waals surface area contributed by atoms with Gasteiger partial charge in [0.25, 0.3) is 0 Å². The van der Waals surface area contributed by atoms with Gasteiger partial charge in [0.1, 0.15) is 36.6 Å². The number of hydrogen-bond donors (Lipinski definition) is 0. The van der Waals surface area contributed by atoms with Crippen LogP contribution in [0.5, 0.6) is 0 Å². The van der Waals surface area contributed by atoms with Crippen LogP contribution in [0.25, 0.3) is 0 Å². The molecule has 0 bridgehead atoms. The minimum atomic E-state index is -4.91. The van der Waals surface area contributed by atoms with Gasteiger partial charge in [0, 0.05) is 0 Å². The predicted molar refractivity (Wildman–Crippen MR) is 330 cm³/mol. The van der Waals surface area contributed by atoms with Crippen molar-refractivity contribution in [1.29, 1.82) is 0 Å². The van der Waals surface area contributed by atoms with Crippen molar-refractivity contribution >= 4 is 23.5 Å². The van der Waals surface area contributed by atoms with Crippen molar-refractivity contribution < 1.29 is 68.6 Å². The topological polar surface area (TPSA) is 162 Å². The lowest BCUT2D eigenvalue weighted by Gasteiger charge is -2.50. The van der Waals surface area contributed by atoms with E-state index in [0.717, 1.165) is 0 Å². The third kappa shape index (κ3) is 19.6. The van der Waals surface area contributed by atoms with Crippen LogP contribution in [0.3, 0.4) is 0 Å². The first-order chi connectivity index (χ1) is 42.7. The molecular weight excluding hydrogens is 1160 g/mol. The molecule has 0 unspecified atom stereocenters. The van der Waals surface area contributed by atoms with Crippen molar-refractivity contribution in [3.8, 4) is 0 Å². The first-order valence-corrected chi connectivity index (χ1v) is 33.0. The van der Waals surface area contributed by atoms with Crippen molar-refractivity contribution in [2.75, 3.05) is 0 Å². The Labute approximate surface area is 508 Å². The van der Waals surface area contributed by atoms with Gasteiger partial charge in [0.15, 0.2) is 0 Å². The van der Waals surface area contributed by atoms with Crippen LogP contribution in [0.15, 0.2) is 273 Å². The number of rotatable bonds is 33. The standard InChI is InChI=1S/C69H69O15P3/c70-85(76-49-58-34-16-4-17-35-58,77-50-59-36-18-5-19-37-59)82-67-64(73-46-55-28-10-1-11-29-55)68(83-86(71,78-51-60-38-20-6-21-39-60)79-52-61-40-22-7-23-41-61)66(75-48-57-32-14-3-15-33-57)69(65(67)74-47-56-30-12-2-13-31-56)84-87(72,80-53-62-42-24-8-25-43-62)81-54-63-44-26-9-27-45-63/h1-45,64-69H,46-54H2. The molecule has 0 amide bonds. The number of ether oxygens (including phenoxy) is 3. The Morgan fingerprint density at radius 3 is 0.483 bits per heavy atom. The molecule has 9 aromatic carbocycles. The van der Waals surface area contributed by atoms with Crippen LogP contribution in [0.4, 0.5) is 0 Å². The number of benzene rings is 9. The predicted octanol–water partition coefficient (Wildman–Crippen LogP) is 16.5. The van der Waals surface area contributed by atoms with Gasteiger partial charge in [0.2, 0.25) is 0 Å². The fourth-order valence-corrected chi connectivity index (χ4v) is 13.5. The molecule has 0 N–H and O–H groups in total. The molecule has 10 rings (SSSR count). The number of hydrogen-bond acceptors (Lipinski definition) is 15. The second-order valence-corrected chi connectivity index (χ2v) is 25.3. The zero-order valence-electron chi connectivity index (χ0n) is 47.8. The van der Waals surface area contributed by atoms with Crippen LogP contribution in [-0.2, 0) is 128 Å². The molecule has 1 aliphatic rings. The summed E-state index contributed by atoms with van der Waals surface area (Å²) in [5.74, 6) is 0. The average Bonchev–Trinajstić information content (AvgIpc) is 1.46. The maximum absolute atomic E-state index is 16.2. The Morgan fingerprint density at radius 2 is 0.333 bits per heavy atom. The van der Waals surface area contributed by atoms with E-state index in [-0.39, 0.29) is 59.5 Å². The Balaban J connectivity index is 1.17. The van der Waals surface area contributed by atoms with Crippen LogP contribution in [0, 0.1) is 0 Å². The SMILES string of the molecule is O=P(OCc1ccccc1)(OCc1ccccc1)OC1C(OCc2ccccc2)C(OP(=O)(OCc2ccccc2)OCc2ccccc2)C(OCc2ccccc2)C(OP(=O)(OCc2ccccc2)OCc2ccccc2)C1OCc1ccccc1. The van der Waals surface area contributed by atoms with Gasteiger partial charge in [-0.25, -0.2) is 13.7 Å². The molecular formula is C69H69O15P3. The highest BCUT2D eigenvalue weighted by molar-refractivity contribution is 7.49. The van der Waals surface area contributed by atoms with E-state index in [2.05, 4.69) is 0 Å². The van der Waals surface area contributed by atoms with Crippen LogP contribution in [-0.4, -0.2) is 36.6 Å². The van der Waals surface area contributed by atoms with E-state index in [1.165, 1.54) is 0 Å². The summed E-state index contributed by atoms with van der Waals surface area (Å²) in [6.07, 6.45) is -9.75. The Bertz CT molecular complexity index is 3020. The van der Waals surface area contributed by atoms with Crippen molar-refractivity contribution in [3.05, 3.63) is 323 Å². The maximum Gasteiger partial charge on any atom is 0.475 e. The molecule has 9 aromatic rings. The van der Waals surface area contributed by atoms with Gasteiger partial charge in [-0.05, 0) is 50.1 Å². The Hall–Kier alpha value is -6.81. The van der Waals surface area contributed by atoms with E-state index >= 15 is 13.7 Å². The third-order valence-corrected chi connectivity index (χ3v) is 18.1. The van der Waals surface area contributed by atoms with Crippen LogP contribution in [0.2, 0.25) is 0 Å². The molecule has 0 aliphatic heterocycles. The lowest BCUT2D eigenvalue weighted by molar-refractivity contribution is -0.254. The summed E-state index contributed by atoms with van der Waals surface area (Å²) in [4.78, 5) is 0. The molecule has 1 aliphatic carbocycles. The first kappa shape index (κ1) is 63.2. The molecule has 18 heteroatoms. The van der Waals surface area contributed by atoms with Gasteiger partial charge in [-0.15, -0.1) is 0 Å². The highest BCUT2D eigenvalue weighted by Gasteiger charge is 2.61. The minimum Gasteiger partial charge on any atom is -0.368 e. The van der Waals surface area contributed by atoms with Crippen molar-refractivity contribution in [3.63, 3.8) is 0 Å². The van der Waals surface area contributed by atoms with E-state index in [1.54, 1.807) is 0 Å². The van der Waals surface area contributed by atoms with Gasteiger partial charge in [0.05, 0.1) is 59.5 Å². The fourth-order valence-electron chi connectivity index (χ4n) is 9.46. The quantitative estimate of drug-likeness (QED) is 0.0357. The highest BCUT2D eigenvalue weighted by atomic mass is 31.2. The summed E-state index contributed by atoms with van der Waals surface area (Å²) >= 11 is 0. The van der Waals surface area contributed by atoms with E-state index in [9.17, 15) is 0 Å². The average molecular weight is 1230 g/mol. The maximum atomic E-state index is 16.2. The summed E-state index contributed by atoms with van der Waals surface area (Å²) in [7, 11) is -14.7. The number of phosphoric acid groups is 3. The molecule has 1 fully saturated rings. The van der Waals surface area contributed by atoms with Crippen LogP contribution in [0.1, 0.15) is 50.1 Å². The van der Waals surface area contributed by atoms with Gasteiger partial charge >= 0.3 is 23.5 Å². The highest BCUT2D eigenvalue weighted by Crippen LogP contribution is 2.60. The zero-order chi connectivity index (χ0) is 59.8. The summed E-state index contributed by atoms with van der Waals surface area (Å²) in [5, 5.41) is 0. The molecule has 0 heterocycles. The van der Waals surface area contributed by atoms with Gasteiger partial charge in [-0.1, -0.05) is 273 Å². The van der Waals surface area contributed by atoms with E-state index in [4.69, 9.17) is 54.9 Å². The van der Waals surface area contributed by atoms with Gasteiger partial charge in [-0.2, -0.15) is 0 Å². The van der Waals surface area contributed by atoms with Crippen LogP contribution >= 0.6 is 23.5 Å². The molecule has 1 saturated carbocycles. The summed E-state index contributed by atoms with van der Waals surface area (Å²) < 4.78 is 129. The van der Waals surface area contributed by atoms with Crippen molar-refractivity contribution in [1.82, 2.24) is 0 Å². The first-order valence-electron chi connectivity index (χ1n) is 28.6. The lowest BCUT2D eigenvalue weighted by Crippen LogP contribution is -2.67. The number of phosphoric ester groups is 3. The normalized spacial score (nSPS) is 18.1. The van der Waals surface area contributed by atoms with Gasteiger partial charge < -0.3 is 14.2 Å². The van der Waals surface area contributed by atoms with Gasteiger partial charge in [-0.3, -0.25) is 40.7 Å². The molecule has 0 radical (unpaired) electrons. The molecule has 0 spiro atoms. The minimum absolute atomic E-state index is 0.132. The molecule has 450 valence electrons. The molecule has 15 nitrogen and oxygen atoms in total. The summed E-state index contributed by atoms with van der Waals surface area (Å²) in [5.41, 5.74) is 6.02. The Morgan fingerprint density at radius 1 is 0.195 bits per heavy atom. The zero-order valence-corrected chi connectivity index (χ0v) is 50.5. The molecule has 0 aromatic heterocycles. The molecule has 0 saturated heterocycles. The molecule has 87 heavy (non-hydrogen) atoms. The smallest absolute Gasteiger partial charge is 0.368 e. The van der Waals surface area contributed by atoms with E-state index in [0.29, 0.717) is 50.1 Å². The second kappa shape index (κ2) is 32.4. The van der Waals surface area contributed by atoms with Crippen LogP contribution < -0.4 is 0 Å².